The third kappa shape index (κ3) is 4.27. The van der Waals surface area contributed by atoms with Gasteiger partial charge in [-0.25, -0.2) is 0 Å². The van der Waals surface area contributed by atoms with Gasteiger partial charge in [-0.05, 0) is 27.8 Å². The van der Waals surface area contributed by atoms with E-state index in [-0.39, 0.29) is 5.60 Å². The summed E-state index contributed by atoms with van der Waals surface area (Å²) in [5.41, 5.74) is 1.05. The van der Waals surface area contributed by atoms with Gasteiger partial charge in [-0.2, -0.15) is 0 Å². The van der Waals surface area contributed by atoms with Crippen molar-refractivity contribution in [2.24, 2.45) is 5.16 Å². The first kappa shape index (κ1) is 10.5. The van der Waals surface area contributed by atoms with Gasteiger partial charge in [0.1, 0.15) is 5.60 Å². The maximum absolute atomic E-state index is 5.37. The van der Waals surface area contributed by atoms with Crippen LogP contribution >= 0.6 is 0 Å². The summed E-state index contributed by atoms with van der Waals surface area (Å²) in [4.78, 5) is 7.69. The van der Waals surface area contributed by atoms with E-state index in [4.69, 9.17) is 4.84 Å². The maximum atomic E-state index is 5.37. The Morgan fingerprint density at radius 1 is 1.23 bits per heavy atom. The molecule has 0 radical (unpaired) electrons. The molecule has 0 aliphatic carbocycles. The molecule has 1 heterocycles. The van der Waals surface area contributed by atoms with Crippen molar-refractivity contribution in [3.63, 3.8) is 0 Å². The highest BCUT2D eigenvalue weighted by Gasteiger charge is 2.14. The Balaban J connectivity index is 2.36. The van der Waals surface area contributed by atoms with Crippen LogP contribution in [0.3, 0.4) is 0 Å². The molecule has 0 aromatic rings. The van der Waals surface area contributed by atoms with Crippen molar-refractivity contribution in [1.29, 1.82) is 0 Å². The number of piperidine rings is 1. The molecular formula is C10H20N2O. The van der Waals surface area contributed by atoms with E-state index in [0.29, 0.717) is 0 Å². The van der Waals surface area contributed by atoms with Gasteiger partial charge in [0.15, 0.2) is 0 Å². The monoisotopic (exact) mass is 184 g/mol. The minimum Gasteiger partial charge on any atom is -0.390 e. The zero-order chi connectivity index (χ0) is 9.90. The molecule has 1 rings (SSSR count). The highest BCUT2D eigenvalue weighted by atomic mass is 16.6. The van der Waals surface area contributed by atoms with E-state index in [1.165, 1.54) is 5.71 Å². The van der Waals surface area contributed by atoms with Gasteiger partial charge in [0.05, 0.1) is 5.71 Å². The molecule has 0 atom stereocenters. The molecule has 0 aromatic heterocycles. The number of likely N-dealkylation sites (tertiary alicyclic amines) is 1. The van der Waals surface area contributed by atoms with Crippen LogP contribution in [0.15, 0.2) is 5.16 Å². The number of rotatable bonds is 1. The zero-order valence-electron chi connectivity index (χ0n) is 9.13. The highest BCUT2D eigenvalue weighted by Crippen LogP contribution is 2.10. The molecule has 3 nitrogen and oxygen atoms in total. The smallest absolute Gasteiger partial charge is 0.129 e. The number of hydrogen-bond donors (Lipinski definition) is 0. The third-order valence-electron chi connectivity index (χ3n) is 2.01. The fourth-order valence-electron chi connectivity index (χ4n) is 1.17. The minimum absolute atomic E-state index is 0.156. The first-order valence-electron chi connectivity index (χ1n) is 4.90. The van der Waals surface area contributed by atoms with Crippen LogP contribution in [-0.4, -0.2) is 36.3 Å². The van der Waals surface area contributed by atoms with Gasteiger partial charge in [-0.15, -0.1) is 0 Å². The summed E-state index contributed by atoms with van der Waals surface area (Å²) in [6.07, 6.45) is 2.10. The quantitative estimate of drug-likeness (QED) is 0.581. The molecule has 13 heavy (non-hydrogen) atoms. The zero-order valence-corrected chi connectivity index (χ0v) is 9.13. The standard InChI is InChI=1S/C10H20N2O/c1-10(2,3)13-11-9-5-7-12(4)8-6-9/h5-8H2,1-4H3. The van der Waals surface area contributed by atoms with E-state index in [0.717, 1.165) is 25.9 Å². The van der Waals surface area contributed by atoms with Crippen molar-refractivity contribution in [1.82, 2.24) is 4.90 Å². The van der Waals surface area contributed by atoms with Crippen molar-refractivity contribution in [3.05, 3.63) is 0 Å². The Morgan fingerprint density at radius 2 is 1.77 bits per heavy atom. The van der Waals surface area contributed by atoms with Crippen LogP contribution in [0.25, 0.3) is 0 Å². The predicted octanol–water partition coefficient (Wildman–Crippen LogP) is 1.88. The van der Waals surface area contributed by atoms with E-state index in [9.17, 15) is 0 Å². The van der Waals surface area contributed by atoms with E-state index < -0.39 is 0 Å². The van der Waals surface area contributed by atoms with Crippen LogP contribution in [0, 0.1) is 0 Å². The summed E-state index contributed by atoms with van der Waals surface area (Å²) in [7, 11) is 2.14. The summed E-state index contributed by atoms with van der Waals surface area (Å²) in [6.45, 7) is 8.27. The van der Waals surface area contributed by atoms with Crippen molar-refractivity contribution < 1.29 is 4.84 Å². The Morgan fingerprint density at radius 3 is 2.23 bits per heavy atom. The van der Waals surface area contributed by atoms with Gasteiger partial charge in [0.25, 0.3) is 0 Å². The molecule has 76 valence electrons. The topological polar surface area (TPSA) is 24.8 Å². The Labute approximate surface area is 80.7 Å². The molecule has 0 aromatic carbocycles. The Bertz CT molecular complexity index is 184. The fraction of sp³-hybridized carbons (Fsp3) is 0.900. The van der Waals surface area contributed by atoms with Crippen LogP contribution in [0.5, 0.6) is 0 Å². The SMILES string of the molecule is CN1CCC(=NOC(C)(C)C)CC1. The maximum Gasteiger partial charge on any atom is 0.129 e. The molecule has 3 heteroatoms. The first-order valence-corrected chi connectivity index (χ1v) is 4.90. The molecule has 1 aliphatic rings. The largest absolute Gasteiger partial charge is 0.390 e. The fourth-order valence-corrected chi connectivity index (χ4v) is 1.17. The van der Waals surface area contributed by atoms with E-state index in [2.05, 4.69) is 17.1 Å². The molecule has 0 amide bonds. The lowest BCUT2D eigenvalue weighted by atomic mass is 10.1. The van der Waals surface area contributed by atoms with Gasteiger partial charge in [0.2, 0.25) is 0 Å². The highest BCUT2D eigenvalue weighted by molar-refractivity contribution is 5.84. The van der Waals surface area contributed by atoms with Gasteiger partial charge >= 0.3 is 0 Å². The van der Waals surface area contributed by atoms with Crippen LogP contribution < -0.4 is 0 Å². The number of nitrogens with zero attached hydrogens (tertiary/aromatic N) is 2. The van der Waals surface area contributed by atoms with Crippen molar-refractivity contribution in [3.8, 4) is 0 Å². The van der Waals surface area contributed by atoms with Crippen LogP contribution in [0.2, 0.25) is 0 Å². The van der Waals surface area contributed by atoms with Crippen LogP contribution in [-0.2, 0) is 4.84 Å². The third-order valence-corrected chi connectivity index (χ3v) is 2.01. The average molecular weight is 184 g/mol. The van der Waals surface area contributed by atoms with Crippen LogP contribution in [0.4, 0.5) is 0 Å². The van der Waals surface area contributed by atoms with E-state index >= 15 is 0 Å². The normalized spacial score (nSPS) is 20.2. The lowest BCUT2D eigenvalue weighted by molar-refractivity contribution is -0.000260. The number of oxime groups is 1. The summed E-state index contributed by atoms with van der Waals surface area (Å²) >= 11 is 0. The van der Waals surface area contributed by atoms with Crippen LogP contribution in [0.1, 0.15) is 33.6 Å². The van der Waals surface area contributed by atoms with Gasteiger partial charge in [-0.3, -0.25) is 0 Å². The van der Waals surface area contributed by atoms with E-state index in [1.807, 2.05) is 20.8 Å². The summed E-state index contributed by atoms with van der Waals surface area (Å²) < 4.78 is 0. The van der Waals surface area contributed by atoms with Gasteiger partial charge < -0.3 is 9.74 Å². The molecule has 1 aliphatic heterocycles. The molecule has 1 saturated heterocycles. The second kappa shape index (κ2) is 4.09. The second-order valence-electron chi connectivity index (χ2n) is 4.66. The van der Waals surface area contributed by atoms with Crippen molar-refractivity contribution in [2.75, 3.05) is 20.1 Å². The molecule has 0 bridgehead atoms. The van der Waals surface area contributed by atoms with Crippen molar-refractivity contribution >= 4 is 5.71 Å². The molecule has 0 spiro atoms. The molecule has 0 unspecified atom stereocenters. The average Bonchev–Trinajstić information content (AvgIpc) is 2.02. The molecule has 0 saturated carbocycles. The Kier molecular flexibility index (Phi) is 3.31. The van der Waals surface area contributed by atoms with Crippen molar-refractivity contribution in [2.45, 2.75) is 39.2 Å². The molecular weight excluding hydrogens is 164 g/mol. The van der Waals surface area contributed by atoms with Gasteiger partial charge in [0, 0.05) is 25.9 Å². The lowest BCUT2D eigenvalue weighted by Gasteiger charge is -2.24. The summed E-state index contributed by atoms with van der Waals surface area (Å²) in [6, 6.07) is 0. The number of hydrogen-bond acceptors (Lipinski definition) is 3. The summed E-state index contributed by atoms with van der Waals surface area (Å²) in [5, 5.41) is 4.18. The first-order chi connectivity index (χ1) is 5.97. The lowest BCUT2D eigenvalue weighted by Crippen LogP contribution is -2.31. The molecule has 1 fully saturated rings. The second-order valence-corrected chi connectivity index (χ2v) is 4.66. The minimum atomic E-state index is -0.156. The van der Waals surface area contributed by atoms with Gasteiger partial charge in [-0.1, -0.05) is 5.16 Å². The van der Waals surface area contributed by atoms with E-state index in [1.54, 1.807) is 0 Å². The Hall–Kier alpha value is -0.570. The predicted molar refractivity (Wildman–Crippen MR) is 55.0 cm³/mol. The summed E-state index contributed by atoms with van der Waals surface area (Å²) in [5.74, 6) is 0. The molecule has 0 N–H and O–H groups in total.